The fraction of sp³-hybridized carbons (Fsp3) is 0.312. The van der Waals surface area contributed by atoms with Gasteiger partial charge in [-0.15, -0.1) is 0 Å². The maximum absolute atomic E-state index is 5.90. The second kappa shape index (κ2) is 5.82. The fourth-order valence-corrected chi connectivity index (χ4v) is 1.82. The van der Waals surface area contributed by atoms with Crippen LogP contribution in [0.1, 0.15) is 30.9 Å². The molecule has 2 N–H and O–H groups in total. The zero-order chi connectivity index (χ0) is 14.7. The maximum Gasteiger partial charge on any atom is 0.246 e. The summed E-state index contributed by atoms with van der Waals surface area (Å²) in [5, 5.41) is 0. The van der Waals surface area contributed by atoms with Crippen molar-refractivity contribution in [1.29, 1.82) is 0 Å². The number of methoxy groups -OCH3 is 1. The van der Waals surface area contributed by atoms with E-state index in [9.17, 15) is 0 Å². The Morgan fingerprint density at radius 3 is 2.55 bits per heavy atom. The highest BCUT2D eigenvalue weighted by molar-refractivity contribution is 5.52. The number of aryl methyl sites for hydroxylation is 1. The van der Waals surface area contributed by atoms with Gasteiger partial charge in [0.15, 0.2) is 0 Å². The Bertz CT molecular complexity index is 609. The van der Waals surface area contributed by atoms with E-state index >= 15 is 0 Å². The molecule has 1 aromatic heterocycles. The Labute approximate surface area is 119 Å². The predicted octanol–water partition coefficient (Wildman–Crippen LogP) is 3.90. The molecule has 106 valence electrons. The topological polar surface area (TPSA) is 57.4 Å². The summed E-state index contributed by atoms with van der Waals surface area (Å²) in [5.41, 5.74) is 8.64. The molecule has 0 atom stereocenters. The van der Waals surface area contributed by atoms with Gasteiger partial charge in [-0.25, -0.2) is 0 Å². The minimum Gasteiger partial charge on any atom is -0.481 e. The van der Waals surface area contributed by atoms with Crippen molar-refractivity contribution in [3.05, 3.63) is 41.5 Å². The normalized spacial score (nSPS) is 10.7. The first-order chi connectivity index (χ1) is 9.51. The van der Waals surface area contributed by atoms with Crippen molar-refractivity contribution in [1.82, 2.24) is 4.98 Å². The van der Waals surface area contributed by atoms with Crippen molar-refractivity contribution >= 4 is 5.69 Å². The van der Waals surface area contributed by atoms with Crippen LogP contribution in [0, 0.1) is 6.92 Å². The van der Waals surface area contributed by atoms with Gasteiger partial charge in [0.25, 0.3) is 0 Å². The lowest BCUT2D eigenvalue weighted by molar-refractivity contribution is 0.383. The van der Waals surface area contributed by atoms with Crippen LogP contribution in [0.2, 0.25) is 0 Å². The summed E-state index contributed by atoms with van der Waals surface area (Å²) in [5.74, 6) is 2.05. The molecule has 1 heterocycles. The van der Waals surface area contributed by atoms with Gasteiger partial charge in [-0.1, -0.05) is 26.0 Å². The lowest BCUT2D eigenvalue weighted by atomic mass is 10.0. The molecule has 0 saturated carbocycles. The number of nitrogens with zero attached hydrogens (tertiary/aromatic N) is 1. The molecule has 4 nitrogen and oxygen atoms in total. The van der Waals surface area contributed by atoms with Crippen LogP contribution in [0.4, 0.5) is 5.69 Å². The fourth-order valence-electron chi connectivity index (χ4n) is 1.82. The van der Waals surface area contributed by atoms with Gasteiger partial charge < -0.3 is 15.2 Å². The van der Waals surface area contributed by atoms with E-state index in [0.29, 0.717) is 23.4 Å². The van der Waals surface area contributed by atoms with Crippen LogP contribution in [-0.4, -0.2) is 12.1 Å². The van der Waals surface area contributed by atoms with Crippen molar-refractivity contribution in [2.24, 2.45) is 0 Å². The van der Waals surface area contributed by atoms with Gasteiger partial charge in [-0.3, -0.25) is 0 Å². The van der Waals surface area contributed by atoms with E-state index in [1.807, 2.05) is 19.1 Å². The number of pyridine rings is 1. The van der Waals surface area contributed by atoms with E-state index in [2.05, 4.69) is 24.9 Å². The van der Waals surface area contributed by atoms with E-state index in [1.165, 1.54) is 5.56 Å². The highest BCUT2D eigenvalue weighted by Crippen LogP contribution is 2.31. The molecule has 0 fully saturated rings. The van der Waals surface area contributed by atoms with Crippen LogP contribution in [0.25, 0.3) is 0 Å². The standard InChI is InChI=1S/C16H20N2O2/c1-10(2)12-6-5-11(3)14(9-12)20-16-13(17)7-8-15(18-16)19-4/h5-10H,17H2,1-4H3. The third kappa shape index (κ3) is 3.02. The number of hydrogen-bond donors (Lipinski definition) is 1. The molecule has 0 amide bonds. The molecule has 0 aliphatic rings. The maximum atomic E-state index is 5.90. The summed E-state index contributed by atoms with van der Waals surface area (Å²) in [7, 11) is 1.56. The van der Waals surface area contributed by atoms with Crippen molar-refractivity contribution in [3.63, 3.8) is 0 Å². The SMILES string of the molecule is COc1ccc(N)c(Oc2cc(C(C)C)ccc2C)n1. The van der Waals surface area contributed by atoms with E-state index < -0.39 is 0 Å². The lowest BCUT2D eigenvalue weighted by Gasteiger charge is -2.13. The van der Waals surface area contributed by atoms with Gasteiger partial charge >= 0.3 is 0 Å². The summed E-state index contributed by atoms with van der Waals surface area (Å²) in [6.07, 6.45) is 0. The molecule has 2 aromatic rings. The molecular formula is C16H20N2O2. The molecule has 0 spiro atoms. The average molecular weight is 272 g/mol. The van der Waals surface area contributed by atoms with Crippen LogP contribution >= 0.6 is 0 Å². The molecule has 0 aliphatic carbocycles. The minimum atomic E-state index is 0.369. The number of hydrogen-bond acceptors (Lipinski definition) is 4. The Morgan fingerprint density at radius 1 is 1.15 bits per heavy atom. The number of benzene rings is 1. The van der Waals surface area contributed by atoms with E-state index in [4.69, 9.17) is 15.2 Å². The van der Waals surface area contributed by atoms with Crippen LogP contribution in [0.3, 0.4) is 0 Å². The van der Waals surface area contributed by atoms with Crippen molar-refractivity contribution in [2.45, 2.75) is 26.7 Å². The van der Waals surface area contributed by atoms with Crippen molar-refractivity contribution in [2.75, 3.05) is 12.8 Å². The smallest absolute Gasteiger partial charge is 0.246 e. The van der Waals surface area contributed by atoms with Crippen LogP contribution < -0.4 is 15.2 Å². The molecular weight excluding hydrogens is 252 g/mol. The molecule has 0 aliphatic heterocycles. The number of rotatable bonds is 4. The zero-order valence-corrected chi connectivity index (χ0v) is 12.3. The molecule has 0 unspecified atom stereocenters. The minimum absolute atomic E-state index is 0.369. The Morgan fingerprint density at radius 2 is 1.90 bits per heavy atom. The monoisotopic (exact) mass is 272 g/mol. The van der Waals surface area contributed by atoms with Crippen LogP contribution in [-0.2, 0) is 0 Å². The highest BCUT2D eigenvalue weighted by atomic mass is 16.5. The van der Waals surface area contributed by atoms with Crippen LogP contribution in [0.15, 0.2) is 30.3 Å². The predicted molar refractivity (Wildman–Crippen MR) is 80.5 cm³/mol. The second-order valence-corrected chi connectivity index (χ2v) is 5.03. The van der Waals surface area contributed by atoms with Crippen LogP contribution in [0.5, 0.6) is 17.5 Å². The first-order valence-corrected chi connectivity index (χ1v) is 6.60. The molecule has 4 heteroatoms. The quantitative estimate of drug-likeness (QED) is 0.917. The third-order valence-electron chi connectivity index (χ3n) is 3.16. The number of aromatic nitrogens is 1. The summed E-state index contributed by atoms with van der Waals surface area (Å²) in [6, 6.07) is 9.61. The molecule has 1 aromatic carbocycles. The van der Waals surface area contributed by atoms with Gasteiger partial charge in [0, 0.05) is 6.07 Å². The van der Waals surface area contributed by atoms with Crippen molar-refractivity contribution < 1.29 is 9.47 Å². The molecule has 0 saturated heterocycles. The Hall–Kier alpha value is -2.23. The average Bonchev–Trinajstić information content (AvgIpc) is 2.43. The summed E-state index contributed by atoms with van der Waals surface area (Å²) in [4.78, 5) is 4.23. The van der Waals surface area contributed by atoms with E-state index in [1.54, 1.807) is 19.2 Å². The van der Waals surface area contributed by atoms with Gasteiger partial charge in [0.2, 0.25) is 11.8 Å². The largest absolute Gasteiger partial charge is 0.481 e. The van der Waals surface area contributed by atoms with Crippen molar-refractivity contribution in [3.8, 4) is 17.5 Å². The Balaban J connectivity index is 2.36. The molecule has 2 rings (SSSR count). The third-order valence-corrected chi connectivity index (χ3v) is 3.16. The number of ether oxygens (including phenoxy) is 2. The van der Waals surface area contributed by atoms with Gasteiger partial charge in [0.1, 0.15) is 5.75 Å². The first-order valence-electron chi connectivity index (χ1n) is 6.60. The number of nitrogen functional groups attached to an aromatic ring is 1. The number of nitrogens with two attached hydrogens (primary N) is 1. The molecule has 20 heavy (non-hydrogen) atoms. The summed E-state index contributed by atoms with van der Waals surface area (Å²) < 4.78 is 11.0. The second-order valence-electron chi connectivity index (χ2n) is 5.03. The lowest BCUT2D eigenvalue weighted by Crippen LogP contribution is -1.99. The summed E-state index contributed by atoms with van der Waals surface area (Å²) >= 11 is 0. The first kappa shape index (κ1) is 14.2. The van der Waals surface area contributed by atoms with Gasteiger partial charge in [-0.2, -0.15) is 4.98 Å². The van der Waals surface area contributed by atoms with E-state index in [-0.39, 0.29) is 0 Å². The van der Waals surface area contributed by atoms with E-state index in [0.717, 1.165) is 11.3 Å². The van der Waals surface area contributed by atoms with Gasteiger partial charge in [0.05, 0.1) is 12.8 Å². The molecule has 0 radical (unpaired) electrons. The Kier molecular flexibility index (Phi) is 4.13. The highest BCUT2D eigenvalue weighted by Gasteiger charge is 2.10. The molecule has 0 bridgehead atoms. The van der Waals surface area contributed by atoms with Gasteiger partial charge in [-0.05, 0) is 36.1 Å². The zero-order valence-electron chi connectivity index (χ0n) is 12.3. The summed E-state index contributed by atoms with van der Waals surface area (Å²) in [6.45, 7) is 6.29. The number of anilines is 1.